The number of para-hydroxylation sites is 1. The van der Waals surface area contributed by atoms with Crippen LogP contribution in [0.1, 0.15) is 6.92 Å². The van der Waals surface area contributed by atoms with Crippen LogP contribution >= 0.6 is 22.6 Å². The summed E-state index contributed by atoms with van der Waals surface area (Å²) in [6.45, 7) is 1.37. The highest BCUT2D eigenvalue weighted by Gasteiger charge is 2.12. The standard InChI is InChI=1S/C9H9IO3/c1-6(11)9(12)13-8-5-3-2-4-7(8)10/h2-6,11H,1H3. The molecule has 4 heteroatoms. The summed E-state index contributed by atoms with van der Waals surface area (Å²) in [6.07, 6.45) is -1.09. The van der Waals surface area contributed by atoms with E-state index in [1.54, 1.807) is 12.1 Å². The van der Waals surface area contributed by atoms with Crippen molar-refractivity contribution in [2.45, 2.75) is 13.0 Å². The van der Waals surface area contributed by atoms with Crippen LogP contribution in [-0.4, -0.2) is 17.2 Å². The van der Waals surface area contributed by atoms with E-state index < -0.39 is 12.1 Å². The van der Waals surface area contributed by atoms with Crippen molar-refractivity contribution in [3.63, 3.8) is 0 Å². The van der Waals surface area contributed by atoms with Crippen molar-refractivity contribution in [2.24, 2.45) is 0 Å². The second kappa shape index (κ2) is 4.57. The Kier molecular flexibility index (Phi) is 3.68. The average molecular weight is 292 g/mol. The fraction of sp³-hybridized carbons (Fsp3) is 0.222. The zero-order valence-corrected chi connectivity index (χ0v) is 9.19. The van der Waals surface area contributed by atoms with Crippen LogP contribution < -0.4 is 4.74 Å². The molecule has 1 aromatic rings. The number of aliphatic hydroxyl groups excluding tert-OH is 1. The number of ether oxygens (including phenoxy) is 1. The molecule has 0 bridgehead atoms. The molecule has 0 aliphatic carbocycles. The Morgan fingerprint density at radius 3 is 2.69 bits per heavy atom. The average Bonchev–Trinajstić information content (AvgIpc) is 2.08. The van der Waals surface area contributed by atoms with Crippen LogP contribution in [-0.2, 0) is 4.79 Å². The molecule has 1 atom stereocenters. The lowest BCUT2D eigenvalue weighted by Crippen LogP contribution is -2.22. The van der Waals surface area contributed by atoms with Gasteiger partial charge in [-0.15, -0.1) is 0 Å². The third kappa shape index (κ3) is 2.96. The highest BCUT2D eigenvalue weighted by molar-refractivity contribution is 14.1. The van der Waals surface area contributed by atoms with Crippen molar-refractivity contribution in [1.29, 1.82) is 0 Å². The van der Waals surface area contributed by atoms with Crippen LogP contribution in [0.15, 0.2) is 24.3 Å². The van der Waals surface area contributed by atoms with Crippen LogP contribution in [0.2, 0.25) is 0 Å². The molecule has 0 heterocycles. The van der Waals surface area contributed by atoms with E-state index in [0.29, 0.717) is 5.75 Å². The predicted molar refractivity (Wildman–Crippen MR) is 56.5 cm³/mol. The molecule has 0 spiro atoms. The maximum atomic E-state index is 11.0. The summed E-state index contributed by atoms with van der Waals surface area (Å²) in [5.74, 6) is -0.155. The normalized spacial score (nSPS) is 12.2. The Balaban J connectivity index is 2.75. The summed E-state index contributed by atoms with van der Waals surface area (Å²) in [5.41, 5.74) is 0. The third-order valence-electron chi connectivity index (χ3n) is 1.39. The first kappa shape index (κ1) is 10.5. The lowest BCUT2D eigenvalue weighted by Gasteiger charge is -2.06. The van der Waals surface area contributed by atoms with Crippen molar-refractivity contribution in [3.8, 4) is 5.75 Å². The van der Waals surface area contributed by atoms with Gasteiger partial charge in [-0.05, 0) is 41.6 Å². The van der Waals surface area contributed by atoms with E-state index in [1.165, 1.54) is 6.92 Å². The lowest BCUT2D eigenvalue weighted by molar-refractivity contribution is -0.142. The fourth-order valence-electron chi connectivity index (χ4n) is 0.721. The second-order valence-electron chi connectivity index (χ2n) is 2.53. The van der Waals surface area contributed by atoms with Gasteiger partial charge in [0.2, 0.25) is 0 Å². The molecule has 1 N–H and O–H groups in total. The predicted octanol–water partition coefficient (Wildman–Crippen LogP) is 1.58. The Morgan fingerprint density at radius 1 is 1.54 bits per heavy atom. The van der Waals surface area contributed by atoms with Gasteiger partial charge < -0.3 is 9.84 Å². The fourth-order valence-corrected chi connectivity index (χ4v) is 1.22. The molecule has 1 aromatic carbocycles. The number of aliphatic hydroxyl groups is 1. The molecule has 0 aliphatic rings. The molecule has 0 radical (unpaired) electrons. The Labute approximate surface area is 89.9 Å². The molecule has 0 fully saturated rings. The molecule has 0 aromatic heterocycles. The number of halogens is 1. The molecule has 0 saturated carbocycles. The van der Waals surface area contributed by atoms with E-state index in [1.807, 2.05) is 12.1 Å². The molecular formula is C9H9IO3. The number of benzene rings is 1. The maximum Gasteiger partial charge on any atom is 0.340 e. The Morgan fingerprint density at radius 2 is 2.15 bits per heavy atom. The second-order valence-corrected chi connectivity index (χ2v) is 3.69. The van der Waals surface area contributed by atoms with Crippen LogP contribution in [0.4, 0.5) is 0 Å². The summed E-state index contributed by atoms with van der Waals surface area (Å²) in [4.78, 5) is 11.0. The molecule has 3 nitrogen and oxygen atoms in total. The number of hydrogen-bond donors (Lipinski definition) is 1. The van der Waals surface area contributed by atoms with Crippen molar-refractivity contribution in [2.75, 3.05) is 0 Å². The lowest BCUT2D eigenvalue weighted by atomic mass is 10.3. The van der Waals surface area contributed by atoms with Crippen LogP contribution in [0.25, 0.3) is 0 Å². The van der Waals surface area contributed by atoms with Gasteiger partial charge in [0.15, 0.2) is 0 Å². The van der Waals surface area contributed by atoms with Crippen molar-refractivity contribution < 1.29 is 14.6 Å². The Bertz CT molecular complexity index is 309. The van der Waals surface area contributed by atoms with E-state index in [0.717, 1.165) is 3.57 Å². The molecule has 0 aliphatic heterocycles. The van der Waals surface area contributed by atoms with Gasteiger partial charge >= 0.3 is 5.97 Å². The summed E-state index contributed by atoms with van der Waals surface area (Å²) < 4.78 is 5.75. The third-order valence-corrected chi connectivity index (χ3v) is 2.28. The van der Waals surface area contributed by atoms with Crippen LogP contribution in [0, 0.1) is 3.57 Å². The molecular weight excluding hydrogens is 283 g/mol. The van der Waals surface area contributed by atoms with Gasteiger partial charge in [-0.1, -0.05) is 12.1 Å². The molecule has 1 unspecified atom stereocenters. The number of carbonyl (C=O) groups excluding carboxylic acids is 1. The number of esters is 1. The number of hydrogen-bond acceptors (Lipinski definition) is 3. The first-order valence-corrected chi connectivity index (χ1v) is 4.83. The van der Waals surface area contributed by atoms with Crippen molar-refractivity contribution >= 4 is 28.6 Å². The van der Waals surface area contributed by atoms with Crippen LogP contribution in [0.3, 0.4) is 0 Å². The summed E-state index contributed by atoms with van der Waals surface area (Å²) in [5, 5.41) is 8.90. The monoisotopic (exact) mass is 292 g/mol. The number of carbonyl (C=O) groups is 1. The maximum absolute atomic E-state index is 11.0. The minimum absolute atomic E-state index is 0.481. The van der Waals surface area contributed by atoms with Crippen molar-refractivity contribution in [1.82, 2.24) is 0 Å². The first-order chi connectivity index (χ1) is 6.11. The largest absolute Gasteiger partial charge is 0.423 e. The quantitative estimate of drug-likeness (QED) is 0.511. The Hall–Kier alpha value is -0.620. The SMILES string of the molecule is CC(O)C(=O)Oc1ccccc1I. The van der Waals surface area contributed by atoms with Gasteiger partial charge in [0.05, 0.1) is 3.57 Å². The smallest absolute Gasteiger partial charge is 0.340 e. The minimum Gasteiger partial charge on any atom is -0.423 e. The van der Waals surface area contributed by atoms with Gasteiger partial charge in [0, 0.05) is 0 Å². The molecule has 13 heavy (non-hydrogen) atoms. The van der Waals surface area contributed by atoms with E-state index in [2.05, 4.69) is 22.6 Å². The molecule has 0 saturated heterocycles. The first-order valence-electron chi connectivity index (χ1n) is 3.75. The summed E-state index contributed by atoms with van der Waals surface area (Å²) in [6, 6.07) is 7.13. The topological polar surface area (TPSA) is 46.5 Å². The minimum atomic E-state index is -1.09. The van der Waals surface area contributed by atoms with Gasteiger partial charge in [-0.25, -0.2) is 4.79 Å². The highest BCUT2D eigenvalue weighted by atomic mass is 127. The van der Waals surface area contributed by atoms with Crippen LogP contribution in [0.5, 0.6) is 5.75 Å². The zero-order valence-electron chi connectivity index (χ0n) is 7.03. The van der Waals surface area contributed by atoms with Gasteiger partial charge in [-0.2, -0.15) is 0 Å². The van der Waals surface area contributed by atoms with E-state index in [9.17, 15) is 4.79 Å². The van der Waals surface area contributed by atoms with E-state index in [-0.39, 0.29) is 0 Å². The van der Waals surface area contributed by atoms with E-state index >= 15 is 0 Å². The van der Waals surface area contributed by atoms with Gasteiger partial charge in [-0.3, -0.25) is 0 Å². The molecule has 0 amide bonds. The van der Waals surface area contributed by atoms with Gasteiger partial charge in [0.1, 0.15) is 11.9 Å². The number of rotatable bonds is 2. The van der Waals surface area contributed by atoms with Gasteiger partial charge in [0.25, 0.3) is 0 Å². The molecule has 1 rings (SSSR count). The highest BCUT2D eigenvalue weighted by Crippen LogP contribution is 2.19. The van der Waals surface area contributed by atoms with E-state index in [4.69, 9.17) is 9.84 Å². The summed E-state index contributed by atoms with van der Waals surface area (Å²) >= 11 is 2.06. The zero-order chi connectivity index (χ0) is 9.84. The van der Waals surface area contributed by atoms with Crippen molar-refractivity contribution in [3.05, 3.63) is 27.8 Å². The molecule has 70 valence electrons. The summed E-state index contributed by atoms with van der Waals surface area (Å²) in [7, 11) is 0.